The summed E-state index contributed by atoms with van der Waals surface area (Å²) in [7, 11) is 5.90. The molecule has 0 N–H and O–H groups in total. The molecule has 0 amide bonds. The monoisotopic (exact) mass is 376 g/mol. The third kappa shape index (κ3) is 3.80. The van der Waals surface area contributed by atoms with Crippen LogP contribution in [0, 0.1) is 5.82 Å². The summed E-state index contributed by atoms with van der Waals surface area (Å²) in [4.78, 5) is 2.04. The zero-order valence-electron chi connectivity index (χ0n) is 14.2. The minimum absolute atomic E-state index is 0.305. The maximum Gasteiger partial charge on any atom is 0.191 e. The molecule has 25 heavy (non-hydrogen) atoms. The van der Waals surface area contributed by atoms with Gasteiger partial charge in [-0.2, -0.15) is 0 Å². The van der Waals surface area contributed by atoms with Gasteiger partial charge in [-0.25, -0.2) is 4.39 Å². The minimum atomic E-state index is -0.305. The van der Waals surface area contributed by atoms with Gasteiger partial charge in [0.1, 0.15) is 5.82 Å². The second-order valence-corrected chi connectivity index (χ2v) is 7.15. The van der Waals surface area contributed by atoms with Crippen LogP contribution in [-0.2, 0) is 12.8 Å². The Kier molecular flexibility index (Phi) is 5.30. The smallest absolute Gasteiger partial charge is 0.191 e. The minimum Gasteiger partial charge on any atom is -0.378 e. The second kappa shape index (κ2) is 7.45. The van der Waals surface area contributed by atoms with Crippen LogP contribution >= 0.6 is 23.4 Å². The second-order valence-electron chi connectivity index (χ2n) is 5.80. The number of hydrogen-bond donors (Lipinski definition) is 0. The normalized spacial score (nSPS) is 10.9. The Morgan fingerprint density at radius 1 is 1.16 bits per heavy atom. The molecule has 1 heterocycles. The molecule has 4 nitrogen and oxygen atoms in total. The molecule has 3 rings (SSSR count). The predicted molar refractivity (Wildman–Crippen MR) is 102 cm³/mol. The number of hydrogen-bond acceptors (Lipinski definition) is 4. The molecule has 0 atom stereocenters. The molecular weight excluding hydrogens is 359 g/mol. The van der Waals surface area contributed by atoms with Crippen LogP contribution in [0.15, 0.2) is 47.6 Å². The lowest BCUT2D eigenvalue weighted by Gasteiger charge is -2.13. The van der Waals surface area contributed by atoms with Crippen molar-refractivity contribution in [2.75, 3.05) is 19.0 Å². The van der Waals surface area contributed by atoms with Crippen molar-refractivity contribution in [3.8, 4) is 11.4 Å². The zero-order valence-corrected chi connectivity index (χ0v) is 15.8. The first-order valence-corrected chi connectivity index (χ1v) is 9.06. The number of anilines is 1. The Bertz CT molecular complexity index is 874. The SMILES string of the molecule is CN(C)c1cccc(-c2nnc(SCc3c(F)cccc3Cl)n2C)c1. The van der Waals surface area contributed by atoms with E-state index in [0.717, 1.165) is 17.1 Å². The Labute approximate surface area is 155 Å². The van der Waals surface area contributed by atoms with Crippen molar-refractivity contribution in [1.29, 1.82) is 0 Å². The average molecular weight is 377 g/mol. The molecule has 130 valence electrons. The van der Waals surface area contributed by atoms with E-state index in [1.807, 2.05) is 48.8 Å². The Morgan fingerprint density at radius 3 is 2.64 bits per heavy atom. The van der Waals surface area contributed by atoms with E-state index in [1.165, 1.54) is 17.8 Å². The molecule has 3 aromatic rings. The number of thioether (sulfide) groups is 1. The van der Waals surface area contributed by atoms with E-state index in [2.05, 4.69) is 16.3 Å². The van der Waals surface area contributed by atoms with Gasteiger partial charge < -0.3 is 9.47 Å². The van der Waals surface area contributed by atoms with Crippen molar-refractivity contribution in [1.82, 2.24) is 14.8 Å². The number of halogens is 2. The van der Waals surface area contributed by atoms with Gasteiger partial charge in [0.05, 0.1) is 0 Å². The Hall–Kier alpha value is -2.05. The van der Waals surface area contributed by atoms with Crippen LogP contribution in [-0.4, -0.2) is 28.9 Å². The molecular formula is C18H18ClFN4S. The van der Waals surface area contributed by atoms with Gasteiger partial charge in [-0.15, -0.1) is 10.2 Å². The third-order valence-corrected chi connectivity index (χ3v) is 5.26. The molecule has 0 aliphatic heterocycles. The number of benzene rings is 2. The molecule has 0 aliphatic rings. The van der Waals surface area contributed by atoms with Crippen molar-refractivity contribution < 1.29 is 4.39 Å². The van der Waals surface area contributed by atoms with Crippen molar-refractivity contribution in [3.63, 3.8) is 0 Å². The summed E-state index contributed by atoms with van der Waals surface area (Å²) in [6, 6.07) is 12.8. The van der Waals surface area contributed by atoms with Crippen LogP contribution in [0.25, 0.3) is 11.4 Å². The van der Waals surface area contributed by atoms with E-state index in [0.29, 0.717) is 21.5 Å². The largest absolute Gasteiger partial charge is 0.378 e. The highest BCUT2D eigenvalue weighted by Gasteiger charge is 2.14. The molecule has 0 aliphatic carbocycles. The summed E-state index contributed by atoms with van der Waals surface area (Å²) < 4.78 is 15.8. The molecule has 2 aromatic carbocycles. The van der Waals surface area contributed by atoms with Crippen LogP contribution in [0.3, 0.4) is 0 Å². The Balaban J connectivity index is 1.83. The fourth-order valence-electron chi connectivity index (χ4n) is 2.42. The van der Waals surface area contributed by atoms with E-state index in [-0.39, 0.29) is 5.82 Å². The van der Waals surface area contributed by atoms with E-state index in [1.54, 1.807) is 12.1 Å². The molecule has 0 spiro atoms. The summed E-state index contributed by atoms with van der Waals surface area (Å²) in [5, 5.41) is 9.67. The summed E-state index contributed by atoms with van der Waals surface area (Å²) in [5.41, 5.74) is 2.55. The predicted octanol–water partition coefficient (Wildman–Crippen LogP) is 4.63. The molecule has 0 saturated carbocycles. The van der Waals surface area contributed by atoms with Crippen molar-refractivity contribution in [3.05, 3.63) is 58.9 Å². The standard InChI is InChI=1S/C18H18ClFN4S/c1-23(2)13-7-4-6-12(10-13)17-21-22-18(24(17)3)25-11-14-15(19)8-5-9-16(14)20/h4-10H,11H2,1-3H3. The maximum absolute atomic E-state index is 13.9. The molecule has 7 heteroatoms. The molecule has 1 aromatic heterocycles. The highest BCUT2D eigenvalue weighted by Crippen LogP contribution is 2.30. The molecule has 0 unspecified atom stereocenters. The van der Waals surface area contributed by atoms with E-state index < -0.39 is 0 Å². The lowest BCUT2D eigenvalue weighted by atomic mass is 10.2. The first-order chi connectivity index (χ1) is 12.0. The molecule has 0 bridgehead atoms. The lowest BCUT2D eigenvalue weighted by Crippen LogP contribution is -2.08. The zero-order chi connectivity index (χ0) is 18.0. The molecule has 0 fully saturated rings. The van der Waals surface area contributed by atoms with E-state index in [4.69, 9.17) is 11.6 Å². The van der Waals surface area contributed by atoms with E-state index >= 15 is 0 Å². The Morgan fingerprint density at radius 2 is 1.92 bits per heavy atom. The lowest BCUT2D eigenvalue weighted by molar-refractivity contribution is 0.617. The van der Waals surface area contributed by atoms with Gasteiger partial charge in [0, 0.05) is 48.7 Å². The van der Waals surface area contributed by atoms with Crippen LogP contribution in [0.5, 0.6) is 0 Å². The van der Waals surface area contributed by atoms with Gasteiger partial charge in [0.2, 0.25) is 0 Å². The van der Waals surface area contributed by atoms with Crippen LogP contribution in [0.2, 0.25) is 5.02 Å². The third-order valence-electron chi connectivity index (χ3n) is 3.86. The fraction of sp³-hybridized carbons (Fsp3) is 0.222. The van der Waals surface area contributed by atoms with Gasteiger partial charge in [0.15, 0.2) is 11.0 Å². The van der Waals surface area contributed by atoms with E-state index in [9.17, 15) is 4.39 Å². The number of rotatable bonds is 5. The topological polar surface area (TPSA) is 34.0 Å². The first kappa shape index (κ1) is 17.8. The summed E-state index contributed by atoms with van der Waals surface area (Å²) >= 11 is 7.49. The van der Waals surface area contributed by atoms with Gasteiger partial charge in [-0.1, -0.05) is 41.6 Å². The average Bonchev–Trinajstić information content (AvgIpc) is 2.95. The summed E-state index contributed by atoms with van der Waals surface area (Å²) in [5.74, 6) is 0.863. The molecule has 0 saturated heterocycles. The van der Waals surface area contributed by atoms with Crippen LogP contribution < -0.4 is 4.90 Å². The quantitative estimate of drug-likeness (QED) is 0.608. The van der Waals surface area contributed by atoms with Crippen molar-refractivity contribution in [2.24, 2.45) is 7.05 Å². The highest BCUT2D eigenvalue weighted by atomic mass is 35.5. The first-order valence-electron chi connectivity index (χ1n) is 7.70. The van der Waals surface area contributed by atoms with Crippen LogP contribution in [0.4, 0.5) is 10.1 Å². The highest BCUT2D eigenvalue weighted by molar-refractivity contribution is 7.98. The molecule has 0 radical (unpaired) electrons. The number of aromatic nitrogens is 3. The summed E-state index contributed by atoms with van der Waals surface area (Å²) in [6.07, 6.45) is 0. The van der Waals surface area contributed by atoms with Gasteiger partial charge in [0.25, 0.3) is 0 Å². The van der Waals surface area contributed by atoms with Gasteiger partial charge >= 0.3 is 0 Å². The van der Waals surface area contributed by atoms with Crippen LogP contribution in [0.1, 0.15) is 5.56 Å². The van der Waals surface area contributed by atoms with Crippen molar-refractivity contribution >= 4 is 29.1 Å². The summed E-state index contributed by atoms with van der Waals surface area (Å²) in [6.45, 7) is 0. The van der Waals surface area contributed by atoms with Gasteiger partial charge in [-0.05, 0) is 24.3 Å². The fourth-order valence-corrected chi connectivity index (χ4v) is 3.68. The van der Waals surface area contributed by atoms with Crippen molar-refractivity contribution in [2.45, 2.75) is 10.9 Å². The maximum atomic E-state index is 13.9. The van der Waals surface area contributed by atoms with Gasteiger partial charge in [-0.3, -0.25) is 0 Å². The number of nitrogens with zero attached hydrogens (tertiary/aromatic N) is 4.